The molecule has 0 saturated carbocycles. The number of rotatable bonds is 3. The summed E-state index contributed by atoms with van der Waals surface area (Å²) >= 11 is 6.12. The predicted octanol–water partition coefficient (Wildman–Crippen LogP) is 2.59. The first-order valence-corrected chi connectivity index (χ1v) is 7.49. The molecule has 2 heterocycles. The van der Waals surface area contributed by atoms with Crippen LogP contribution in [0.15, 0.2) is 28.8 Å². The van der Waals surface area contributed by atoms with Gasteiger partial charge in [0.25, 0.3) is 5.89 Å². The number of aliphatic hydroxyl groups is 1. The van der Waals surface area contributed by atoms with Gasteiger partial charge in [-0.1, -0.05) is 35.8 Å². The summed E-state index contributed by atoms with van der Waals surface area (Å²) in [6.45, 7) is 4.24. The van der Waals surface area contributed by atoms with Crippen molar-refractivity contribution in [3.8, 4) is 11.5 Å². The molecule has 1 aliphatic rings. The van der Waals surface area contributed by atoms with E-state index >= 15 is 0 Å². The van der Waals surface area contributed by atoms with Gasteiger partial charge in [-0.2, -0.15) is 4.98 Å². The summed E-state index contributed by atoms with van der Waals surface area (Å²) in [5.41, 5.74) is 0.741. The number of aliphatic hydroxyl groups excluding tert-OH is 1. The quantitative estimate of drug-likeness (QED) is 0.944. The van der Waals surface area contributed by atoms with E-state index in [1.807, 2.05) is 18.2 Å². The van der Waals surface area contributed by atoms with Gasteiger partial charge in [0.05, 0.1) is 23.2 Å². The fourth-order valence-electron chi connectivity index (χ4n) is 2.52. The molecule has 6 heteroatoms. The number of likely N-dealkylation sites (tertiary alicyclic amines) is 1. The zero-order chi connectivity index (χ0) is 14.8. The molecule has 2 atom stereocenters. The Morgan fingerprint density at radius 3 is 3.00 bits per heavy atom. The molecule has 1 aromatic carbocycles. The summed E-state index contributed by atoms with van der Waals surface area (Å²) < 4.78 is 5.29. The molecule has 0 spiro atoms. The maximum Gasteiger partial charge on any atom is 0.259 e. The molecule has 2 unspecified atom stereocenters. The summed E-state index contributed by atoms with van der Waals surface area (Å²) in [6, 6.07) is 7.39. The van der Waals surface area contributed by atoms with E-state index in [0.29, 0.717) is 35.7 Å². The number of hydrogen-bond acceptors (Lipinski definition) is 5. The second-order valence-corrected chi connectivity index (χ2v) is 5.97. The lowest BCUT2D eigenvalue weighted by Gasteiger charge is -2.33. The van der Waals surface area contributed by atoms with Crippen molar-refractivity contribution in [3.05, 3.63) is 35.1 Å². The monoisotopic (exact) mass is 307 g/mol. The van der Waals surface area contributed by atoms with Crippen LogP contribution in [0, 0.1) is 5.92 Å². The summed E-state index contributed by atoms with van der Waals surface area (Å²) in [5.74, 6) is 1.40. The third-order valence-electron chi connectivity index (χ3n) is 3.94. The van der Waals surface area contributed by atoms with Gasteiger partial charge in [0, 0.05) is 6.54 Å². The third kappa shape index (κ3) is 3.26. The Hall–Kier alpha value is -1.43. The van der Waals surface area contributed by atoms with E-state index in [1.54, 1.807) is 6.07 Å². The van der Waals surface area contributed by atoms with Crippen LogP contribution in [0.5, 0.6) is 0 Å². The molecule has 3 rings (SSSR count). The van der Waals surface area contributed by atoms with Gasteiger partial charge in [0.2, 0.25) is 0 Å². The van der Waals surface area contributed by atoms with Crippen molar-refractivity contribution < 1.29 is 9.63 Å². The molecule has 2 aromatic rings. The van der Waals surface area contributed by atoms with E-state index < -0.39 is 0 Å². The normalized spacial score (nSPS) is 23.4. The highest BCUT2D eigenvalue weighted by atomic mass is 35.5. The SMILES string of the molecule is CC1CCN(Cc2noc(-c3ccccc3Cl)n2)CC1O. The summed E-state index contributed by atoms with van der Waals surface area (Å²) in [4.78, 5) is 6.54. The zero-order valence-electron chi connectivity index (χ0n) is 11.9. The second-order valence-electron chi connectivity index (χ2n) is 5.56. The van der Waals surface area contributed by atoms with E-state index in [2.05, 4.69) is 22.0 Å². The molecule has 1 saturated heterocycles. The number of halogens is 1. The zero-order valence-corrected chi connectivity index (χ0v) is 12.6. The van der Waals surface area contributed by atoms with Crippen LogP contribution in [0.1, 0.15) is 19.2 Å². The molecule has 1 fully saturated rings. The lowest BCUT2D eigenvalue weighted by molar-refractivity contribution is 0.0246. The Morgan fingerprint density at radius 2 is 2.24 bits per heavy atom. The van der Waals surface area contributed by atoms with Gasteiger partial charge in [-0.3, -0.25) is 4.90 Å². The first-order valence-electron chi connectivity index (χ1n) is 7.11. The standard InChI is InChI=1S/C15H18ClN3O2/c1-10-6-7-19(8-13(10)20)9-14-17-15(21-18-14)11-4-2-3-5-12(11)16/h2-5,10,13,20H,6-9H2,1H3. The molecule has 1 aliphatic heterocycles. The first-order chi connectivity index (χ1) is 10.1. The Kier molecular flexibility index (Phi) is 4.24. The van der Waals surface area contributed by atoms with Crippen molar-refractivity contribution in [2.75, 3.05) is 13.1 Å². The van der Waals surface area contributed by atoms with Crippen LogP contribution in [-0.4, -0.2) is 39.3 Å². The highest BCUT2D eigenvalue weighted by Gasteiger charge is 2.25. The number of piperidine rings is 1. The van der Waals surface area contributed by atoms with Crippen molar-refractivity contribution in [3.63, 3.8) is 0 Å². The van der Waals surface area contributed by atoms with Crippen molar-refractivity contribution in [1.29, 1.82) is 0 Å². The lowest BCUT2D eigenvalue weighted by Crippen LogP contribution is -2.42. The highest BCUT2D eigenvalue weighted by Crippen LogP contribution is 2.26. The Bertz CT molecular complexity index is 616. The van der Waals surface area contributed by atoms with Gasteiger partial charge in [-0.05, 0) is 31.0 Å². The number of β-amino-alcohol motifs (C(OH)–C–C–N with tert-alkyl or cyclic N) is 1. The fourth-order valence-corrected chi connectivity index (χ4v) is 2.74. The lowest BCUT2D eigenvalue weighted by atomic mass is 9.96. The Morgan fingerprint density at radius 1 is 1.43 bits per heavy atom. The van der Waals surface area contributed by atoms with E-state index in [0.717, 1.165) is 18.5 Å². The van der Waals surface area contributed by atoms with E-state index in [-0.39, 0.29) is 6.10 Å². The number of aromatic nitrogens is 2. The molecule has 0 amide bonds. The average molecular weight is 308 g/mol. The third-order valence-corrected chi connectivity index (χ3v) is 4.27. The van der Waals surface area contributed by atoms with E-state index in [9.17, 15) is 5.11 Å². The Labute approximate surface area is 128 Å². The van der Waals surface area contributed by atoms with Crippen molar-refractivity contribution in [2.24, 2.45) is 5.92 Å². The van der Waals surface area contributed by atoms with E-state index in [1.165, 1.54) is 0 Å². The number of hydrogen-bond donors (Lipinski definition) is 1. The van der Waals surface area contributed by atoms with Gasteiger partial charge >= 0.3 is 0 Å². The molecular formula is C15H18ClN3O2. The fraction of sp³-hybridized carbons (Fsp3) is 0.467. The molecule has 0 radical (unpaired) electrons. The smallest absolute Gasteiger partial charge is 0.259 e. The van der Waals surface area contributed by atoms with Crippen LogP contribution in [0.3, 0.4) is 0 Å². The van der Waals surface area contributed by atoms with Crippen molar-refractivity contribution >= 4 is 11.6 Å². The molecule has 5 nitrogen and oxygen atoms in total. The average Bonchev–Trinajstić information content (AvgIpc) is 2.92. The largest absolute Gasteiger partial charge is 0.392 e. The summed E-state index contributed by atoms with van der Waals surface area (Å²) in [7, 11) is 0. The minimum Gasteiger partial charge on any atom is -0.392 e. The minimum absolute atomic E-state index is 0.284. The molecule has 1 aromatic heterocycles. The van der Waals surface area contributed by atoms with Crippen molar-refractivity contribution in [2.45, 2.75) is 26.0 Å². The maximum absolute atomic E-state index is 9.92. The van der Waals surface area contributed by atoms with Gasteiger partial charge in [0.1, 0.15) is 0 Å². The van der Waals surface area contributed by atoms with Gasteiger partial charge in [0.15, 0.2) is 5.82 Å². The first kappa shape index (κ1) is 14.5. The Balaban J connectivity index is 1.70. The molecule has 0 aliphatic carbocycles. The minimum atomic E-state index is -0.284. The van der Waals surface area contributed by atoms with Crippen molar-refractivity contribution in [1.82, 2.24) is 15.0 Å². The van der Waals surface area contributed by atoms with Crippen LogP contribution in [0.2, 0.25) is 5.02 Å². The van der Waals surface area contributed by atoms with Crippen LogP contribution in [0.4, 0.5) is 0 Å². The summed E-state index contributed by atoms with van der Waals surface area (Å²) in [6.07, 6.45) is 0.699. The highest BCUT2D eigenvalue weighted by molar-refractivity contribution is 6.33. The second kappa shape index (κ2) is 6.13. The van der Waals surface area contributed by atoms with E-state index in [4.69, 9.17) is 16.1 Å². The molecule has 112 valence electrons. The van der Waals surface area contributed by atoms with Crippen LogP contribution >= 0.6 is 11.6 Å². The summed E-state index contributed by atoms with van der Waals surface area (Å²) in [5, 5.41) is 14.5. The topological polar surface area (TPSA) is 62.4 Å². The van der Waals surface area contributed by atoms with Gasteiger partial charge in [-0.25, -0.2) is 0 Å². The molecule has 0 bridgehead atoms. The van der Waals surface area contributed by atoms with Gasteiger partial charge in [-0.15, -0.1) is 0 Å². The number of benzene rings is 1. The molecule has 21 heavy (non-hydrogen) atoms. The van der Waals surface area contributed by atoms with Gasteiger partial charge < -0.3 is 9.63 Å². The molecule has 1 N–H and O–H groups in total. The predicted molar refractivity (Wildman–Crippen MR) is 79.8 cm³/mol. The van der Waals surface area contributed by atoms with Crippen LogP contribution in [-0.2, 0) is 6.54 Å². The maximum atomic E-state index is 9.92. The van der Waals surface area contributed by atoms with Crippen LogP contribution in [0.25, 0.3) is 11.5 Å². The molecular weight excluding hydrogens is 290 g/mol. The van der Waals surface area contributed by atoms with Crippen LogP contribution < -0.4 is 0 Å². The number of nitrogens with zero attached hydrogens (tertiary/aromatic N) is 3.